The average Bonchev–Trinajstić information content (AvgIpc) is 2.49. The third-order valence-corrected chi connectivity index (χ3v) is 3.39. The van der Waals surface area contributed by atoms with E-state index in [1.165, 1.54) is 18.3 Å². The molecule has 0 saturated carbocycles. The van der Waals surface area contributed by atoms with Crippen molar-refractivity contribution >= 4 is 33.0 Å². The summed E-state index contributed by atoms with van der Waals surface area (Å²) in [5.74, 6) is -0.183. The number of carbonyl (C=O) groups excluding carboxylic acids is 1. The second-order valence-corrected chi connectivity index (χ2v) is 4.51. The minimum absolute atomic E-state index is 0.183. The maximum absolute atomic E-state index is 10.9. The summed E-state index contributed by atoms with van der Waals surface area (Å²) >= 11 is 4.66. The van der Waals surface area contributed by atoms with Crippen molar-refractivity contribution in [1.82, 2.24) is 0 Å². The monoisotopic (exact) mass is 260 g/mol. The predicted molar refractivity (Wildman–Crippen MR) is 56.8 cm³/mol. The fourth-order valence-electron chi connectivity index (χ4n) is 0.836. The number of halogens is 1. The summed E-state index contributed by atoms with van der Waals surface area (Å²) in [6.07, 6.45) is -0.867. The van der Waals surface area contributed by atoms with Crippen molar-refractivity contribution in [2.75, 3.05) is 0 Å². The fraction of sp³-hybridized carbons (Fsp3) is 0.222. The zero-order chi connectivity index (χ0) is 10.0. The van der Waals surface area contributed by atoms with Crippen molar-refractivity contribution in [3.05, 3.63) is 32.9 Å². The Morgan fingerprint density at radius 1 is 1.77 bits per heavy atom. The van der Waals surface area contributed by atoms with Crippen LogP contribution in [0.4, 0.5) is 0 Å². The van der Waals surface area contributed by atoms with Gasteiger partial charge in [0.1, 0.15) is 6.10 Å². The number of thiophene rings is 1. The number of carbonyl (C=O) groups is 1. The van der Waals surface area contributed by atoms with E-state index >= 15 is 0 Å². The summed E-state index contributed by atoms with van der Waals surface area (Å²) in [6.45, 7) is 4.93. The molecule has 1 aromatic rings. The molecular formula is C9H9BrO2S. The molecule has 1 aromatic heterocycles. The average molecular weight is 261 g/mol. The van der Waals surface area contributed by atoms with Gasteiger partial charge >= 0.3 is 0 Å². The van der Waals surface area contributed by atoms with Crippen LogP contribution in [0.3, 0.4) is 0 Å². The summed E-state index contributed by atoms with van der Waals surface area (Å²) in [6, 6.07) is 1.78. The third kappa shape index (κ3) is 2.49. The zero-order valence-corrected chi connectivity index (χ0v) is 9.48. The van der Waals surface area contributed by atoms with Gasteiger partial charge in [0, 0.05) is 20.3 Å². The van der Waals surface area contributed by atoms with E-state index in [1.807, 2.05) is 5.38 Å². The summed E-state index contributed by atoms with van der Waals surface area (Å²) in [7, 11) is 0. The van der Waals surface area contributed by atoms with Crippen LogP contribution in [-0.2, 0) is 4.79 Å². The molecule has 0 fully saturated rings. The normalized spacial score (nSPS) is 12.5. The molecule has 4 heteroatoms. The standard InChI is InChI=1S/C9H9BrO2S/c1-5(6(2)11)9(12)8-3-7(10)4-13-8/h3-4,9,12H,1H2,2H3. The van der Waals surface area contributed by atoms with E-state index in [0.717, 1.165) is 9.35 Å². The Bertz CT molecular complexity index is 343. The van der Waals surface area contributed by atoms with Gasteiger partial charge in [0.05, 0.1) is 0 Å². The Hall–Kier alpha value is -0.450. The van der Waals surface area contributed by atoms with E-state index in [-0.39, 0.29) is 11.4 Å². The Kier molecular flexibility index (Phi) is 3.41. The Balaban J connectivity index is 2.85. The molecule has 1 atom stereocenters. The molecule has 0 spiro atoms. The molecule has 0 aliphatic heterocycles. The second-order valence-electron chi connectivity index (χ2n) is 2.65. The lowest BCUT2D eigenvalue weighted by Crippen LogP contribution is -2.05. The number of rotatable bonds is 3. The van der Waals surface area contributed by atoms with Crippen LogP contribution in [0.15, 0.2) is 28.1 Å². The number of aliphatic hydroxyl groups is 1. The van der Waals surface area contributed by atoms with Gasteiger partial charge in [0.15, 0.2) is 5.78 Å². The Labute approximate surface area is 89.0 Å². The third-order valence-electron chi connectivity index (χ3n) is 1.64. The van der Waals surface area contributed by atoms with Gasteiger partial charge in [-0.2, -0.15) is 0 Å². The molecule has 1 unspecified atom stereocenters. The Morgan fingerprint density at radius 3 is 2.77 bits per heavy atom. The smallest absolute Gasteiger partial charge is 0.158 e. The van der Waals surface area contributed by atoms with E-state index in [2.05, 4.69) is 22.5 Å². The van der Waals surface area contributed by atoms with Crippen LogP contribution in [0, 0.1) is 0 Å². The summed E-state index contributed by atoms with van der Waals surface area (Å²) < 4.78 is 0.905. The first-order valence-corrected chi connectivity index (χ1v) is 5.31. The number of aliphatic hydroxyl groups excluding tert-OH is 1. The fourth-order valence-corrected chi connectivity index (χ4v) is 2.30. The molecule has 1 rings (SSSR count). The maximum Gasteiger partial charge on any atom is 0.158 e. The van der Waals surface area contributed by atoms with Crippen LogP contribution >= 0.6 is 27.3 Å². The molecule has 0 amide bonds. The van der Waals surface area contributed by atoms with Gasteiger partial charge in [-0.05, 0) is 28.9 Å². The van der Waals surface area contributed by atoms with E-state index in [0.29, 0.717) is 0 Å². The molecule has 1 N–H and O–H groups in total. The molecule has 0 saturated heterocycles. The van der Waals surface area contributed by atoms with E-state index in [4.69, 9.17) is 0 Å². The van der Waals surface area contributed by atoms with Gasteiger partial charge in [-0.25, -0.2) is 0 Å². The molecule has 2 nitrogen and oxygen atoms in total. The van der Waals surface area contributed by atoms with Gasteiger partial charge < -0.3 is 5.11 Å². The number of Topliss-reactive ketones (excluding diaryl/α,β-unsaturated/α-hetero) is 1. The molecule has 0 bridgehead atoms. The van der Waals surface area contributed by atoms with E-state index in [9.17, 15) is 9.90 Å². The molecule has 0 aliphatic carbocycles. The lowest BCUT2D eigenvalue weighted by atomic mass is 10.1. The number of hydrogen-bond donors (Lipinski definition) is 1. The minimum Gasteiger partial charge on any atom is -0.383 e. The molecule has 0 aromatic carbocycles. The molecule has 70 valence electrons. The largest absolute Gasteiger partial charge is 0.383 e. The first kappa shape index (κ1) is 10.6. The topological polar surface area (TPSA) is 37.3 Å². The molecule has 0 aliphatic rings. The van der Waals surface area contributed by atoms with Crippen molar-refractivity contribution < 1.29 is 9.90 Å². The highest BCUT2D eigenvalue weighted by atomic mass is 79.9. The maximum atomic E-state index is 10.9. The molecular weight excluding hydrogens is 252 g/mol. The summed E-state index contributed by atoms with van der Waals surface area (Å²) in [4.78, 5) is 11.6. The van der Waals surface area contributed by atoms with Crippen LogP contribution < -0.4 is 0 Å². The van der Waals surface area contributed by atoms with Crippen LogP contribution in [0.25, 0.3) is 0 Å². The Morgan fingerprint density at radius 2 is 2.38 bits per heavy atom. The van der Waals surface area contributed by atoms with Crippen LogP contribution in [-0.4, -0.2) is 10.9 Å². The lowest BCUT2D eigenvalue weighted by Gasteiger charge is -2.07. The second kappa shape index (κ2) is 4.17. The minimum atomic E-state index is -0.867. The zero-order valence-electron chi connectivity index (χ0n) is 7.08. The van der Waals surface area contributed by atoms with Gasteiger partial charge in [-0.15, -0.1) is 11.3 Å². The highest BCUT2D eigenvalue weighted by Gasteiger charge is 2.16. The lowest BCUT2D eigenvalue weighted by molar-refractivity contribution is -0.114. The van der Waals surface area contributed by atoms with Gasteiger partial charge in [-0.3, -0.25) is 4.79 Å². The van der Waals surface area contributed by atoms with Crippen molar-refractivity contribution in [2.24, 2.45) is 0 Å². The molecule has 1 heterocycles. The van der Waals surface area contributed by atoms with Crippen molar-refractivity contribution in [3.63, 3.8) is 0 Å². The van der Waals surface area contributed by atoms with E-state index < -0.39 is 6.10 Å². The van der Waals surface area contributed by atoms with Crippen LogP contribution in [0.5, 0.6) is 0 Å². The summed E-state index contributed by atoms with van der Waals surface area (Å²) in [5, 5.41) is 11.5. The molecule has 13 heavy (non-hydrogen) atoms. The van der Waals surface area contributed by atoms with Crippen molar-refractivity contribution in [2.45, 2.75) is 13.0 Å². The highest BCUT2D eigenvalue weighted by Crippen LogP contribution is 2.29. The SMILES string of the molecule is C=C(C(C)=O)C(O)c1cc(Br)cs1. The van der Waals surface area contributed by atoms with Gasteiger partial charge in [-0.1, -0.05) is 6.58 Å². The number of ketones is 1. The van der Waals surface area contributed by atoms with Crippen molar-refractivity contribution in [1.29, 1.82) is 0 Å². The first-order valence-electron chi connectivity index (χ1n) is 3.64. The molecule has 0 radical (unpaired) electrons. The number of hydrogen-bond acceptors (Lipinski definition) is 3. The highest BCUT2D eigenvalue weighted by molar-refractivity contribution is 9.10. The quantitative estimate of drug-likeness (QED) is 0.849. The summed E-state index contributed by atoms with van der Waals surface area (Å²) in [5.41, 5.74) is 0.231. The van der Waals surface area contributed by atoms with Crippen LogP contribution in [0.1, 0.15) is 17.9 Å². The van der Waals surface area contributed by atoms with Gasteiger partial charge in [0.25, 0.3) is 0 Å². The van der Waals surface area contributed by atoms with Crippen molar-refractivity contribution in [3.8, 4) is 0 Å². The van der Waals surface area contributed by atoms with E-state index in [1.54, 1.807) is 6.07 Å². The van der Waals surface area contributed by atoms with Gasteiger partial charge in [0.2, 0.25) is 0 Å². The predicted octanol–water partition coefficient (Wildman–Crippen LogP) is 2.69. The first-order chi connectivity index (χ1) is 6.02. The van der Waals surface area contributed by atoms with Crippen LogP contribution in [0.2, 0.25) is 0 Å².